The second-order valence-corrected chi connectivity index (χ2v) is 7.18. The largest absolute Gasteiger partial charge is 0.490 e. The van der Waals surface area contributed by atoms with Crippen molar-refractivity contribution in [3.63, 3.8) is 0 Å². The zero-order valence-corrected chi connectivity index (χ0v) is 14.1. The molecule has 0 spiro atoms. The minimum atomic E-state index is 0.360. The van der Waals surface area contributed by atoms with Crippen molar-refractivity contribution in [1.82, 2.24) is 15.1 Å². The Morgan fingerprint density at radius 1 is 1.13 bits per heavy atom. The van der Waals surface area contributed by atoms with Gasteiger partial charge >= 0.3 is 0 Å². The number of rotatable bonds is 3. The highest BCUT2D eigenvalue weighted by molar-refractivity contribution is 5.83. The number of aryl methyl sites for hydroxylation is 1. The van der Waals surface area contributed by atoms with Crippen molar-refractivity contribution >= 4 is 10.9 Å². The van der Waals surface area contributed by atoms with E-state index in [1.165, 1.54) is 69.0 Å². The van der Waals surface area contributed by atoms with Crippen molar-refractivity contribution in [2.45, 2.75) is 64.0 Å². The molecule has 23 heavy (non-hydrogen) atoms. The van der Waals surface area contributed by atoms with E-state index in [4.69, 9.17) is 4.74 Å². The average Bonchev–Trinajstić information content (AvgIpc) is 3.08. The van der Waals surface area contributed by atoms with Gasteiger partial charge in [-0.25, -0.2) is 0 Å². The van der Waals surface area contributed by atoms with Crippen molar-refractivity contribution in [3.8, 4) is 5.75 Å². The Bertz CT molecular complexity index is 660. The Kier molecular flexibility index (Phi) is 4.25. The first-order chi connectivity index (χ1) is 11.3. The lowest BCUT2D eigenvalue weighted by Gasteiger charge is -2.39. The number of nitrogens with one attached hydrogen (secondary N) is 1. The number of hydrogen-bond donors (Lipinski definition) is 1. The van der Waals surface area contributed by atoms with Gasteiger partial charge in [-0.1, -0.05) is 6.42 Å². The van der Waals surface area contributed by atoms with Crippen LogP contribution in [0.1, 0.15) is 50.5 Å². The lowest BCUT2D eigenvalue weighted by Crippen LogP contribution is -2.44. The van der Waals surface area contributed by atoms with E-state index >= 15 is 0 Å². The highest BCUT2D eigenvalue weighted by Crippen LogP contribution is 2.31. The van der Waals surface area contributed by atoms with Crippen LogP contribution in [-0.4, -0.2) is 40.3 Å². The predicted octanol–water partition coefficient (Wildman–Crippen LogP) is 4.05. The maximum Gasteiger partial charge on any atom is 0.123 e. The van der Waals surface area contributed by atoms with E-state index in [9.17, 15) is 0 Å². The Morgan fingerprint density at radius 3 is 2.87 bits per heavy atom. The number of piperidine rings is 1. The first kappa shape index (κ1) is 15.0. The van der Waals surface area contributed by atoms with Crippen molar-refractivity contribution in [1.29, 1.82) is 0 Å². The quantitative estimate of drug-likeness (QED) is 0.929. The summed E-state index contributed by atoms with van der Waals surface area (Å²) in [4.78, 5) is 2.71. The number of H-pyrrole nitrogens is 1. The second-order valence-electron chi connectivity index (χ2n) is 7.18. The van der Waals surface area contributed by atoms with Gasteiger partial charge in [0.2, 0.25) is 0 Å². The fraction of sp³-hybridized carbons (Fsp3) is 0.632. The van der Waals surface area contributed by atoms with Gasteiger partial charge in [0.1, 0.15) is 11.9 Å². The Morgan fingerprint density at radius 2 is 2.00 bits per heavy atom. The van der Waals surface area contributed by atoms with Crippen LogP contribution in [0.2, 0.25) is 0 Å². The summed E-state index contributed by atoms with van der Waals surface area (Å²) in [6.07, 6.45) is 11.4. The summed E-state index contributed by atoms with van der Waals surface area (Å²) in [5.41, 5.74) is 2.29. The molecule has 1 aromatic heterocycles. The van der Waals surface area contributed by atoms with E-state index in [-0.39, 0.29) is 0 Å². The highest BCUT2D eigenvalue weighted by atomic mass is 16.5. The lowest BCUT2D eigenvalue weighted by atomic mass is 9.90. The molecule has 2 aliphatic rings. The zero-order chi connectivity index (χ0) is 15.6. The number of hydrogen-bond acceptors (Lipinski definition) is 3. The molecule has 0 amide bonds. The maximum atomic E-state index is 6.42. The van der Waals surface area contributed by atoms with Crippen molar-refractivity contribution in [2.24, 2.45) is 0 Å². The number of likely N-dealkylation sites (tertiary alicyclic amines) is 1. The predicted molar refractivity (Wildman–Crippen MR) is 92.9 cm³/mol. The molecule has 1 aliphatic carbocycles. The van der Waals surface area contributed by atoms with Gasteiger partial charge in [0.15, 0.2) is 0 Å². The summed E-state index contributed by atoms with van der Waals surface area (Å²) in [5, 5.41) is 8.34. The fourth-order valence-electron chi connectivity index (χ4n) is 4.29. The number of fused-ring (bicyclic) bond motifs is 1. The minimum absolute atomic E-state index is 0.360. The first-order valence-electron chi connectivity index (χ1n) is 9.14. The van der Waals surface area contributed by atoms with Crippen molar-refractivity contribution in [2.75, 3.05) is 13.1 Å². The Hall–Kier alpha value is -1.55. The van der Waals surface area contributed by atoms with E-state index in [0.29, 0.717) is 6.10 Å². The van der Waals surface area contributed by atoms with Crippen LogP contribution in [0.15, 0.2) is 18.3 Å². The average molecular weight is 313 g/mol. The third-order valence-electron chi connectivity index (χ3n) is 5.64. The third-order valence-corrected chi connectivity index (χ3v) is 5.64. The molecule has 1 saturated carbocycles. The van der Waals surface area contributed by atoms with Crippen molar-refractivity contribution in [3.05, 3.63) is 23.9 Å². The molecular formula is C19H27N3O. The van der Waals surface area contributed by atoms with Crippen LogP contribution in [0.5, 0.6) is 5.75 Å². The molecule has 4 nitrogen and oxygen atoms in total. The molecule has 2 heterocycles. The number of aromatic amines is 1. The summed E-state index contributed by atoms with van der Waals surface area (Å²) in [7, 11) is 0. The maximum absolute atomic E-state index is 6.42. The second kappa shape index (κ2) is 6.52. The smallest absolute Gasteiger partial charge is 0.123 e. The van der Waals surface area contributed by atoms with E-state index < -0.39 is 0 Å². The topological polar surface area (TPSA) is 41.1 Å². The SMILES string of the molecule is Cc1c(O[C@H]2CCC[C@@H](N3CCCCC3)C2)ccc2[nH]ncc12. The van der Waals surface area contributed by atoms with Gasteiger partial charge in [0.25, 0.3) is 0 Å². The van der Waals surface area contributed by atoms with Crippen LogP contribution < -0.4 is 4.74 Å². The monoisotopic (exact) mass is 313 g/mol. The number of aromatic nitrogens is 2. The zero-order valence-electron chi connectivity index (χ0n) is 14.1. The molecular weight excluding hydrogens is 286 g/mol. The van der Waals surface area contributed by atoms with Crippen molar-refractivity contribution < 1.29 is 4.74 Å². The minimum Gasteiger partial charge on any atom is -0.490 e. The summed E-state index contributed by atoms with van der Waals surface area (Å²) in [6, 6.07) is 4.91. The van der Waals surface area contributed by atoms with Crippen LogP contribution >= 0.6 is 0 Å². The van der Waals surface area contributed by atoms with Gasteiger partial charge in [-0.05, 0) is 70.7 Å². The van der Waals surface area contributed by atoms with E-state index in [2.05, 4.69) is 34.2 Å². The third kappa shape index (κ3) is 3.09. The summed E-state index contributed by atoms with van der Waals surface area (Å²) in [6.45, 7) is 4.72. The van der Waals surface area contributed by atoms with E-state index in [1.807, 2.05) is 6.20 Å². The molecule has 1 aliphatic heterocycles. The van der Waals surface area contributed by atoms with Gasteiger partial charge in [-0.3, -0.25) is 5.10 Å². The van der Waals surface area contributed by atoms with Gasteiger partial charge in [0.05, 0.1) is 11.7 Å². The molecule has 1 saturated heterocycles. The molecule has 124 valence electrons. The fourth-order valence-corrected chi connectivity index (χ4v) is 4.29. The van der Waals surface area contributed by atoms with E-state index in [0.717, 1.165) is 17.3 Å². The first-order valence-corrected chi connectivity index (χ1v) is 9.14. The number of nitrogens with zero attached hydrogens (tertiary/aromatic N) is 2. The molecule has 2 atom stereocenters. The Labute approximate surface area is 138 Å². The van der Waals surface area contributed by atoms with Gasteiger partial charge in [0, 0.05) is 17.0 Å². The van der Waals surface area contributed by atoms with Crippen LogP contribution in [0.25, 0.3) is 10.9 Å². The van der Waals surface area contributed by atoms with Gasteiger partial charge in [-0.2, -0.15) is 5.10 Å². The normalized spacial score (nSPS) is 26.5. The summed E-state index contributed by atoms with van der Waals surface area (Å²) < 4.78 is 6.42. The number of ether oxygens (including phenoxy) is 1. The molecule has 4 rings (SSSR count). The lowest BCUT2D eigenvalue weighted by molar-refractivity contribution is 0.0654. The molecule has 1 N–H and O–H groups in total. The standard InChI is InChI=1S/C19H27N3O/c1-14-17-13-20-21-18(17)8-9-19(14)23-16-7-5-6-15(12-16)22-10-3-2-4-11-22/h8-9,13,15-16H,2-7,10-12H2,1H3,(H,20,21)/t15-,16+/m1/s1. The van der Waals surface area contributed by atoms with Crippen LogP contribution in [0.3, 0.4) is 0 Å². The van der Waals surface area contributed by atoms with Crippen LogP contribution in [-0.2, 0) is 0 Å². The molecule has 4 heteroatoms. The van der Waals surface area contributed by atoms with Gasteiger partial charge < -0.3 is 9.64 Å². The molecule has 2 fully saturated rings. The molecule has 2 aromatic rings. The summed E-state index contributed by atoms with van der Waals surface area (Å²) >= 11 is 0. The van der Waals surface area contributed by atoms with Crippen LogP contribution in [0.4, 0.5) is 0 Å². The number of benzene rings is 1. The summed E-state index contributed by atoms with van der Waals surface area (Å²) in [5.74, 6) is 1.03. The van der Waals surface area contributed by atoms with Crippen LogP contribution in [0, 0.1) is 6.92 Å². The Balaban J connectivity index is 1.45. The molecule has 0 bridgehead atoms. The van der Waals surface area contributed by atoms with E-state index in [1.54, 1.807) is 0 Å². The molecule has 0 unspecified atom stereocenters. The molecule has 1 aromatic carbocycles. The highest BCUT2D eigenvalue weighted by Gasteiger charge is 2.28. The van der Waals surface area contributed by atoms with Gasteiger partial charge in [-0.15, -0.1) is 0 Å². The molecule has 0 radical (unpaired) electrons.